The lowest BCUT2D eigenvalue weighted by atomic mass is 9.60. The third kappa shape index (κ3) is 4.16. The number of nitrogens with zero attached hydrogens (tertiary/aromatic N) is 1. The number of halogens is 1. The van der Waals surface area contributed by atoms with Crippen LogP contribution >= 0.6 is 15.9 Å². The summed E-state index contributed by atoms with van der Waals surface area (Å²) in [4.78, 5) is 26.1. The summed E-state index contributed by atoms with van der Waals surface area (Å²) >= 11 is 3.49. The van der Waals surface area contributed by atoms with Crippen molar-refractivity contribution >= 4 is 27.8 Å². The van der Waals surface area contributed by atoms with Gasteiger partial charge in [0.1, 0.15) is 4.83 Å². The minimum Gasteiger partial charge on any atom is -0.465 e. The Hall–Kier alpha value is -2.18. The summed E-state index contributed by atoms with van der Waals surface area (Å²) in [5.41, 5.74) is -0.199. The van der Waals surface area contributed by atoms with Crippen molar-refractivity contribution in [2.45, 2.75) is 62.0 Å². The fourth-order valence-corrected chi connectivity index (χ4v) is 5.25. The zero-order valence-electron chi connectivity index (χ0n) is 17.7. The largest absolute Gasteiger partial charge is 0.465 e. The van der Waals surface area contributed by atoms with Crippen LogP contribution in [0.3, 0.4) is 0 Å². The van der Waals surface area contributed by atoms with Crippen molar-refractivity contribution in [1.29, 1.82) is 0 Å². The van der Waals surface area contributed by atoms with Crippen molar-refractivity contribution in [2.75, 3.05) is 0 Å². The molecule has 1 aliphatic rings. The molecule has 6 heteroatoms. The van der Waals surface area contributed by atoms with Crippen molar-refractivity contribution in [3.63, 3.8) is 0 Å². The van der Waals surface area contributed by atoms with Gasteiger partial charge in [-0.2, -0.15) is 0 Å². The van der Waals surface area contributed by atoms with E-state index >= 15 is 0 Å². The second kappa shape index (κ2) is 7.82. The second-order valence-electron chi connectivity index (χ2n) is 9.39. The van der Waals surface area contributed by atoms with E-state index in [4.69, 9.17) is 0 Å². The van der Waals surface area contributed by atoms with Crippen LogP contribution in [-0.2, 0) is 5.54 Å². The molecule has 5 nitrogen and oxygen atoms in total. The van der Waals surface area contributed by atoms with Gasteiger partial charge >= 0.3 is 6.09 Å². The fourth-order valence-electron chi connectivity index (χ4n) is 4.68. The van der Waals surface area contributed by atoms with Gasteiger partial charge < -0.3 is 10.2 Å². The number of amides is 1. The van der Waals surface area contributed by atoms with Gasteiger partial charge in [0.05, 0.1) is 11.1 Å². The number of benzene rings is 2. The molecule has 1 fully saturated rings. The highest BCUT2D eigenvalue weighted by atomic mass is 79.9. The number of hydrogen-bond acceptors (Lipinski definition) is 3. The number of carbonyl (C=O) groups is 2. The van der Waals surface area contributed by atoms with Gasteiger partial charge in [-0.25, -0.2) is 4.79 Å². The molecule has 0 radical (unpaired) electrons. The summed E-state index contributed by atoms with van der Waals surface area (Å²) in [6.45, 7) is 7.27. The van der Waals surface area contributed by atoms with Crippen LogP contribution in [0.25, 0.3) is 0 Å². The maximum absolute atomic E-state index is 12.9. The number of hydrogen-bond donors (Lipinski definition) is 2. The molecule has 0 bridgehead atoms. The number of carboxylic acid groups (broad SMARTS) is 1. The van der Waals surface area contributed by atoms with E-state index < -0.39 is 27.6 Å². The summed E-state index contributed by atoms with van der Waals surface area (Å²) in [6.07, 6.45) is -0.410. The molecule has 2 aromatic carbocycles. The molecule has 2 aromatic rings. The summed E-state index contributed by atoms with van der Waals surface area (Å²) in [7, 11) is 0. The molecule has 0 aromatic heterocycles. The van der Waals surface area contributed by atoms with Crippen LogP contribution < -0.4 is 0 Å². The van der Waals surface area contributed by atoms with Crippen LogP contribution in [-0.4, -0.2) is 38.1 Å². The SMILES string of the molecule is CC(C)(C)N(C(=O)O)[C@]1(c2ccc(C(=O)C(Br)c3ccccc3)cc2)C[C@](C)(O)C1. The molecule has 3 rings (SSSR count). The smallest absolute Gasteiger partial charge is 0.408 e. The van der Waals surface area contributed by atoms with E-state index in [1.165, 1.54) is 4.90 Å². The van der Waals surface area contributed by atoms with Gasteiger partial charge in [-0.15, -0.1) is 0 Å². The molecular weight excluding hydrogens is 446 g/mol. The normalized spacial score (nSPS) is 24.6. The van der Waals surface area contributed by atoms with E-state index in [1.807, 2.05) is 63.2 Å². The summed E-state index contributed by atoms with van der Waals surface area (Å²) in [6, 6.07) is 16.6. The Bertz CT molecular complexity index is 924. The molecule has 1 aliphatic carbocycles. The third-order valence-corrected chi connectivity index (χ3v) is 6.61. The number of carbonyl (C=O) groups excluding carboxylic acids is 1. The van der Waals surface area contributed by atoms with Gasteiger partial charge in [0.2, 0.25) is 0 Å². The minimum atomic E-state index is -1.03. The summed E-state index contributed by atoms with van der Waals surface area (Å²) in [5, 5.41) is 20.4. The Morgan fingerprint density at radius 1 is 1.03 bits per heavy atom. The lowest BCUT2D eigenvalue weighted by Crippen LogP contribution is -2.67. The number of ketones is 1. The van der Waals surface area contributed by atoms with Crippen molar-refractivity contribution < 1.29 is 19.8 Å². The van der Waals surface area contributed by atoms with Crippen LogP contribution in [0.4, 0.5) is 4.79 Å². The Labute approximate surface area is 185 Å². The first-order chi connectivity index (χ1) is 13.9. The average molecular weight is 474 g/mol. The van der Waals surface area contributed by atoms with E-state index in [2.05, 4.69) is 15.9 Å². The average Bonchev–Trinajstić information content (AvgIpc) is 2.64. The first kappa shape index (κ1) is 22.5. The molecule has 0 heterocycles. The van der Waals surface area contributed by atoms with E-state index in [9.17, 15) is 19.8 Å². The first-order valence-electron chi connectivity index (χ1n) is 9.97. The van der Waals surface area contributed by atoms with Crippen molar-refractivity contribution in [3.05, 3.63) is 71.3 Å². The predicted octanol–water partition coefficient (Wildman–Crippen LogP) is 5.52. The van der Waals surface area contributed by atoms with E-state index in [0.29, 0.717) is 18.4 Å². The van der Waals surface area contributed by atoms with Gasteiger partial charge in [-0.05, 0) is 38.8 Å². The third-order valence-electron chi connectivity index (χ3n) is 5.67. The lowest BCUT2D eigenvalue weighted by molar-refractivity contribution is -0.152. The molecule has 0 saturated heterocycles. The minimum absolute atomic E-state index is 0.0617. The maximum Gasteiger partial charge on any atom is 0.408 e. The molecule has 0 aliphatic heterocycles. The zero-order chi connectivity index (χ0) is 22.3. The van der Waals surface area contributed by atoms with E-state index in [1.54, 1.807) is 19.1 Å². The molecule has 1 amide bonds. The number of Topliss-reactive ketones (excluding diaryl/α,β-unsaturated/α-hetero) is 1. The van der Waals surface area contributed by atoms with Crippen LogP contribution in [0.5, 0.6) is 0 Å². The molecule has 160 valence electrons. The van der Waals surface area contributed by atoms with Crippen LogP contribution in [0.15, 0.2) is 54.6 Å². The molecular formula is C24H28BrNO4. The Morgan fingerprint density at radius 2 is 1.57 bits per heavy atom. The molecule has 1 unspecified atom stereocenters. The van der Waals surface area contributed by atoms with Crippen molar-refractivity contribution in [3.8, 4) is 0 Å². The van der Waals surface area contributed by atoms with Gasteiger partial charge in [-0.3, -0.25) is 9.69 Å². The predicted molar refractivity (Wildman–Crippen MR) is 120 cm³/mol. The van der Waals surface area contributed by atoms with E-state index in [0.717, 1.165) is 11.1 Å². The lowest BCUT2D eigenvalue weighted by Gasteiger charge is -2.60. The highest BCUT2D eigenvalue weighted by Crippen LogP contribution is 2.54. The standard InChI is InChI=1S/C24H28BrNO4/c1-22(2,3)26(21(28)29)24(14-23(4,30)15-24)18-12-10-17(11-13-18)20(27)19(25)16-8-6-5-7-9-16/h5-13,19,30H,14-15H2,1-4H3,(H,28,29)/t19?,23-,24+. The molecule has 1 saturated carbocycles. The molecule has 30 heavy (non-hydrogen) atoms. The van der Waals surface area contributed by atoms with Gasteiger partial charge in [0, 0.05) is 23.9 Å². The van der Waals surface area contributed by atoms with Crippen LogP contribution in [0.1, 0.15) is 66.8 Å². The summed E-state index contributed by atoms with van der Waals surface area (Å²) in [5.74, 6) is -0.0617. The monoisotopic (exact) mass is 473 g/mol. The van der Waals surface area contributed by atoms with Crippen molar-refractivity contribution in [2.24, 2.45) is 0 Å². The zero-order valence-corrected chi connectivity index (χ0v) is 19.3. The Balaban J connectivity index is 1.94. The number of aliphatic hydroxyl groups is 1. The maximum atomic E-state index is 12.9. The summed E-state index contributed by atoms with van der Waals surface area (Å²) < 4.78 is 0. The van der Waals surface area contributed by atoms with Crippen molar-refractivity contribution in [1.82, 2.24) is 4.90 Å². The highest BCUT2D eigenvalue weighted by Gasteiger charge is 2.59. The Kier molecular flexibility index (Phi) is 5.87. The number of alkyl halides is 1. The number of rotatable bonds is 5. The Morgan fingerprint density at radius 3 is 2.00 bits per heavy atom. The van der Waals surface area contributed by atoms with Gasteiger partial charge in [0.15, 0.2) is 5.78 Å². The second-order valence-corrected chi connectivity index (χ2v) is 10.3. The van der Waals surface area contributed by atoms with Gasteiger partial charge in [0.25, 0.3) is 0 Å². The topological polar surface area (TPSA) is 77.8 Å². The molecule has 2 N–H and O–H groups in total. The van der Waals surface area contributed by atoms with Gasteiger partial charge in [-0.1, -0.05) is 70.5 Å². The first-order valence-corrected chi connectivity index (χ1v) is 10.9. The van der Waals surface area contributed by atoms with Crippen LogP contribution in [0.2, 0.25) is 0 Å². The van der Waals surface area contributed by atoms with E-state index in [-0.39, 0.29) is 5.78 Å². The molecule has 1 atom stereocenters. The fraction of sp³-hybridized carbons (Fsp3) is 0.417. The highest BCUT2D eigenvalue weighted by molar-refractivity contribution is 9.09. The molecule has 0 spiro atoms. The van der Waals surface area contributed by atoms with Crippen LogP contribution in [0, 0.1) is 0 Å². The quantitative estimate of drug-likeness (QED) is 0.442.